The highest BCUT2D eigenvalue weighted by molar-refractivity contribution is 5.99. The van der Waals surface area contributed by atoms with Crippen LogP contribution >= 0.6 is 0 Å². The van der Waals surface area contributed by atoms with Gasteiger partial charge in [0, 0.05) is 6.54 Å². The van der Waals surface area contributed by atoms with Crippen molar-refractivity contribution < 1.29 is 18.7 Å². The van der Waals surface area contributed by atoms with Gasteiger partial charge in [0.2, 0.25) is 5.76 Å². The molecule has 0 fully saturated rings. The molecule has 0 radical (unpaired) electrons. The summed E-state index contributed by atoms with van der Waals surface area (Å²) in [6.07, 6.45) is 2.70. The fraction of sp³-hybridized carbons (Fsp3) is 0.448. The number of ether oxygens (including phenoxy) is 2. The van der Waals surface area contributed by atoms with Gasteiger partial charge in [-0.15, -0.1) is 0 Å². The standard InChI is InChI=1S/C29H35NO5/c1-7-8-12-30-26(20-9-10-21(22(16-20)33-6)34-13-11-17(2)3)25-27(31)24-19(5)14-18(4)15-23(24)35-28(25)29(30)32/h9-10,14-17,26H,7-8,11-13H2,1-6H3. The molecule has 186 valence electrons. The van der Waals surface area contributed by atoms with Gasteiger partial charge < -0.3 is 18.8 Å². The molecule has 0 bridgehead atoms. The van der Waals surface area contributed by atoms with Crippen molar-refractivity contribution >= 4 is 16.9 Å². The lowest BCUT2D eigenvalue weighted by Crippen LogP contribution is -2.30. The average Bonchev–Trinajstić information content (AvgIpc) is 3.09. The summed E-state index contributed by atoms with van der Waals surface area (Å²) < 4.78 is 17.7. The van der Waals surface area contributed by atoms with Gasteiger partial charge >= 0.3 is 0 Å². The third kappa shape index (κ3) is 4.66. The number of unbranched alkanes of at least 4 members (excludes halogenated alkanes) is 1. The zero-order chi connectivity index (χ0) is 25.3. The van der Waals surface area contributed by atoms with Crippen molar-refractivity contribution in [1.82, 2.24) is 4.90 Å². The molecule has 35 heavy (non-hydrogen) atoms. The number of carbonyl (C=O) groups is 1. The average molecular weight is 478 g/mol. The van der Waals surface area contributed by atoms with Crippen LogP contribution in [0.3, 0.4) is 0 Å². The number of fused-ring (bicyclic) bond motifs is 2. The number of aryl methyl sites for hydroxylation is 2. The van der Waals surface area contributed by atoms with Crippen molar-refractivity contribution in [3.05, 3.63) is 68.6 Å². The Morgan fingerprint density at radius 2 is 1.86 bits per heavy atom. The van der Waals surface area contributed by atoms with Gasteiger partial charge in [0.25, 0.3) is 5.91 Å². The third-order valence-corrected chi connectivity index (χ3v) is 6.62. The van der Waals surface area contributed by atoms with E-state index < -0.39 is 6.04 Å². The number of rotatable bonds is 9. The summed E-state index contributed by atoms with van der Waals surface area (Å²) in [5.41, 5.74) is 3.36. The van der Waals surface area contributed by atoms with E-state index >= 15 is 0 Å². The number of carbonyl (C=O) groups excluding carboxylic acids is 1. The van der Waals surface area contributed by atoms with Gasteiger partial charge in [0.15, 0.2) is 16.9 Å². The van der Waals surface area contributed by atoms with E-state index in [2.05, 4.69) is 20.8 Å². The van der Waals surface area contributed by atoms with E-state index in [9.17, 15) is 9.59 Å². The van der Waals surface area contributed by atoms with Gasteiger partial charge in [-0.1, -0.05) is 39.3 Å². The molecule has 2 heterocycles. The molecule has 1 unspecified atom stereocenters. The molecule has 0 spiro atoms. The minimum absolute atomic E-state index is 0.143. The van der Waals surface area contributed by atoms with Crippen LogP contribution in [0.15, 0.2) is 39.5 Å². The lowest BCUT2D eigenvalue weighted by Gasteiger charge is -2.25. The molecule has 0 aliphatic carbocycles. The topological polar surface area (TPSA) is 69.0 Å². The quantitative estimate of drug-likeness (QED) is 0.368. The van der Waals surface area contributed by atoms with E-state index in [0.29, 0.717) is 47.1 Å². The molecule has 1 aliphatic heterocycles. The summed E-state index contributed by atoms with van der Waals surface area (Å²) in [6.45, 7) is 11.4. The molecule has 6 heteroatoms. The second-order valence-electron chi connectivity index (χ2n) is 9.82. The van der Waals surface area contributed by atoms with E-state index in [1.165, 1.54) is 0 Å². The Balaban J connectivity index is 1.85. The molecule has 0 saturated heterocycles. The second-order valence-corrected chi connectivity index (χ2v) is 9.82. The Labute approximate surface area is 206 Å². The SMILES string of the molecule is CCCCN1C(=O)c2oc3cc(C)cc(C)c3c(=O)c2C1c1ccc(OCCC(C)C)c(OC)c1. The summed E-state index contributed by atoms with van der Waals surface area (Å²) >= 11 is 0. The first-order chi connectivity index (χ1) is 16.8. The van der Waals surface area contributed by atoms with E-state index in [4.69, 9.17) is 13.9 Å². The van der Waals surface area contributed by atoms with Crippen LogP contribution in [0.5, 0.6) is 11.5 Å². The van der Waals surface area contributed by atoms with Crippen LogP contribution in [0, 0.1) is 19.8 Å². The predicted octanol–water partition coefficient (Wildman–Crippen LogP) is 6.19. The highest BCUT2D eigenvalue weighted by Crippen LogP contribution is 2.41. The van der Waals surface area contributed by atoms with Crippen molar-refractivity contribution in [1.29, 1.82) is 0 Å². The molecule has 4 rings (SSSR count). The molecule has 0 N–H and O–H groups in total. The maximum atomic E-state index is 13.8. The van der Waals surface area contributed by atoms with Crippen molar-refractivity contribution in [2.75, 3.05) is 20.3 Å². The Bertz CT molecular complexity index is 1310. The monoisotopic (exact) mass is 477 g/mol. The molecule has 2 aromatic carbocycles. The molecular formula is C29H35NO5. The maximum absolute atomic E-state index is 13.8. The van der Waals surface area contributed by atoms with Crippen molar-refractivity contribution in [3.8, 4) is 11.5 Å². The summed E-state index contributed by atoms with van der Waals surface area (Å²) in [5.74, 6) is 1.67. The molecule has 3 aromatic rings. The normalized spacial score (nSPS) is 15.2. The summed E-state index contributed by atoms with van der Waals surface area (Å²) in [4.78, 5) is 29.1. The fourth-order valence-electron chi connectivity index (χ4n) is 4.80. The largest absolute Gasteiger partial charge is 0.493 e. The van der Waals surface area contributed by atoms with Crippen LogP contribution in [-0.4, -0.2) is 31.1 Å². The molecular weight excluding hydrogens is 442 g/mol. The van der Waals surface area contributed by atoms with E-state index in [0.717, 1.165) is 36.0 Å². The second kappa shape index (κ2) is 10.1. The lowest BCUT2D eigenvalue weighted by atomic mass is 9.96. The number of nitrogens with zero attached hydrogens (tertiary/aromatic N) is 1. The number of hydrogen-bond donors (Lipinski definition) is 0. The van der Waals surface area contributed by atoms with Crippen LogP contribution in [0.4, 0.5) is 0 Å². The van der Waals surface area contributed by atoms with Crippen molar-refractivity contribution in [3.63, 3.8) is 0 Å². The van der Waals surface area contributed by atoms with Gasteiger partial charge in [-0.05, 0) is 67.5 Å². The zero-order valence-corrected chi connectivity index (χ0v) is 21.6. The first kappa shape index (κ1) is 24.8. The highest BCUT2D eigenvalue weighted by atomic mass is 16.5. The molecule has 0 saturated carbocycles. The zero-order valence-electron chi connectivity index (χ0n) is 21.6. The number of benzene rings is 2. The summed E-state index contributed by atoms with van der Waals surface area (Å²) in [5, 5.41) is 0.532. The molecule has 1 atom stereocenters. The van der Waals surface area contributed by atoms with Gasteiger partial charge in [-0.2, -0.15) is 0 Å². The molecule has 1 aromatic heterocycles. The number of amides is 1. The van der Waals surface area contributed by atoms with Crippen LogP contribution in [0.2, 0.25) is 0 Å². The minimum Gasteiger partial charge on any atom is -0.493 e. The Hall–Kier alpha value is -3.28. The van der Waals surface area contributed by atoms with E-state index in [1.807, 2.05) is 44.2 Å². The van der Waals surface area contributed by atoms with E-state index in [1.54, 1.807) is 12.0 Å². The Morgan fingerprint density at radius 3 is 2.54 bits per heavy atom. The van der Waals surface area contributed by atoms with Crippen molar-refractivity contribution in [2.24, 2.45) is 5.92 Å². The van der Waals surface area contributed by atoms with Crippen molar-refractivity contribution in [2.45, 2.75) is 59.9 Å². The Morgan fingerprint density at radius 1 is 1.09 bits per heavy atom. The first-order valence-corrected chi connectivity index (χ1v) is 12.5. The van der Waals surface area contributed by atoms with E-state index in [-0.39, 0.29) is 17.1 Å². The van der Waals surface area contributed by atoms with Gasteiger partial charge in [-0.25, -0.2) is 0 Å². The van der Waals surface area contributed by atoms with Crippen LogP contribution < -0.4 is 14.9 Å². The van der Waals surface area contributed by atoms with Crippen LogP contribution in [0.1, 0.15) is 78.9 Å². The summed E-state index contributed by atoms with van der Waals surface area (Å²) in [7, 11) is 1.60. The van der Waals surface area contributed by atoms with Gasteiger partial charge in [0.1, 0.15) is 5.58 Å². The lowest BCUT2D eigenvalue weighted by molar-refractivity contribution is 0.0725. The highest BCUT2D eigenvalue weighted by Gasteiger charge is 2.42. The first-order valence-electron chi connectivity index (χ1n) is 12.5. The maximum Gasteiger partial charge on any atom is 0.290 e. The van der Waals surface area contributed by atoms with Crippen LogP contribution in [0.25, 0.3) is 11.0 Å². The molecule has 6 nitrogen and oxygen atoms in total. The third-order valence-electron chi connectivity index (χ3n) is 6.62. The number of methoxy groups -OCH3 is 1. The number of hydrogen-bond acceptors (Lipinski definition) is 5. The predicted molar refractivity (Wildman–Crippen MR) is 138 cm³/mol. The molecule has 1 amide bonds. The minimum atomic E-state index is -0.538. The molecule has 1 aliphatic rings. The van der Waals surface area contributed by atoms with Gasteiger partial charge in [0.05, 0.1) is 30.7 Å². The smallest absolute Gasteiger partial charge is 0.290 e. The fourth-order valence-corrected chi connectivity index (χ4v) is 4.80. The van der Waals surface area contributed by atoms with Gasteiger partial charge in [-0.3, -0.25) is 9.59 Å². The summed E-state index contributed by atoms with van der Waals surface area (Å²) in [6, 6.07) is 8.93. The Kier molecular flexibility index (Phi) is 7.20. The van der Waals surface area contributed by atoms with Crippen LogP contribution in [-0.2, 0) is 0 Å².